The number of imide groups is 1. The third-order valence-corrected chi connectivity index (χ3v) is 7.38. The number of aromatic nitrogens is 3. The van der Waals surface area contributed by atoms with E-state index in [0.29, 0.717) is 17.8 Å². The molecule has 2 aliphatic rings. The Hall–Kier alpha value is -3.81. The number of benzene rings is 1. The number of halogens is 1. The van der Waals surface area contributed by atoms with Crippen LogP contribution in [0.3, 0.4) is 0 Å². The second-order valence-electron chi connectivity index (χ2n) is 9.65. The summed E-state index contributed by atoms with van der Waals surface area (Å²) in [6.07, 6.45) is 8.59. The minimum atomic E-state index is -0.443. The van der Waals surface area contributed by atoms with Gasteiger partial charge in [-0.25, -0.2) is 9.07 Å². The van der Waals surface area contributed by atoms with Crippen molar-refractivity contribution in [3.8, 4) is 5.69 Å². The van der Waals surface area contributed by atoms with Crippen LogP contribution in [0.2, 0.25) is 0 Å². The Bertz CT molecular complexity index is 1440. The fourth-order valence-corrected chi connectivity index (χ4v) is 5.26. The normalized spacial score (nSPS) is 16.9. The molecule has 1 aromatic carbocycles. The van der Waals surface area contributed by atoms with Crippen LogP contribution in [0.25, 0.3) is 17.0 Å². The minimum Gasteiger partial charge on any atom is -0.294 e. The summed E-state index contributed by atoms with van der Waals surface area (Å²) in [5.41, 5.74) is 3.10. The van der Waals surface area contributed by atoms with Gasteiger partial charge in [-0.15, -0.1) is 0 Å². The standard InChI is InChI=1S/C28H29FN4O3/c1-4-22-23(27(35)33(30-22)21-12-10-19(29)11-13-21)24-25(31-15-14-17(2)18(3)16-31)28(36)32(26(24)34)20-8-6-5-7-9-20/h10-16,20H,4-9H2,1-3H3/p+1. The molecule has 1 aliphatic carbocycles. The first-order chi connectivity index (χ1) is 17.3. The molecule has 36 heavy (non-hydrogen) atoms. The van der Waals surface area contributed by atoms with Crippen LogP contribution in [0.4, 0.5) is 4.39 Å². The van der Waals surface area contributed by atoms with E-state index in [4.69, 9.17) is 0 Å². The molecule has 0 atom stereocenters. The molecule has 0 bridgehead atoms. The Morgan fingerprint density at radius 3 is 2.31 bits per heavy atom. The minimum absolute atomic E-state index is 0.123. The van der Waals surface area contributed by atoms with Gasteiger partial charge in [0.2, 0.25) is 0 Å². The van der Waals surface area contributed by atoms with Gasteiger partial charge in [-0.05, 0) is 62.9 Å². The molecule has 0 radical (unpaired) electrons. The fourth-order valence-electron chi connectivity index (χ4n) is 5.26. The van der Waals surface area contributed by atoms with Crippen molar-refractivity contribution < 1.29 is 18.5 Å². The number of pyridine rings is 1. The van der Waals surface area contributed by atoms with Crippen LogP contribution in [0, 0.1) is 19.7 Å². The number of hydrogen-bond donors (Lipinski definition) is 1. The zero-order valence-corrected chi connectivity index (χ0v) is 20.8. The van der Waals surface area contributed by atoms with Gasteiger partial charge < -0.3 is 0 Å². The van der Waals surface area contributed by atoms with Crippen molar-refractivity contribution in [2.24, 2.45) is 0 Å². The van der Waals surface area contributed by atoms with Gasteiger partial charge in [-0.3, -0.25) is 24.4 Å². The molecular formula is C28H30FN4O3+. The van der Waals surface area contributed by atoms with E-state index in [1.807, 2.05) is 33.0 Å². The van der Waals surface area contributed by atoms with Crippen LogP contribution < -0.4 is 10.1 Å². The highest BCUT2D eigenvalue weighted by atomic mass is 19.1. The first-order valence-electron chi connectivity index (χ1n) is 12.5. The summed E-state index contributed by atoms with van der Waals surface area (Å²) in [7, 11) is 0. The molecule has 8 heteroatoms. The second-order valence-corrected chi connectivity index (χ2v) is 9.65. The lowest BCUT2D eigenvalue weighted by atomic mass is 9.94. The molecule has 5 rings (SSSR count). The van der Waals surface area contributed by atoms with Crippen molar-refractivity contribution in [1.29, 1.82) is 0 Å². The number of carbonyl (C=O) groups is 2. The molecule has 2 aromatic heterocycles. The summed E-state index contributed by atoms with van der Waals surface area (Å²) >= 11 is 0. The van der Waals surface area contributed by atoms with Gasteiger partial charge in [-0.1, -0.05) is 26.2 Å². The van der Waals surface area contributed by atoms with Crippen molar-refractivity contribution in [3.63, 3.8) is 0 Å². The number of carbonyl (C=O) groups excluding carboxylic acids is 2. The molecule has 2 amide bonds. The average Bonchev–Trinajstić information content (AvgIpc) is 3.33. The van der Waals surface area contributed by atoms with Crippen molar-refractivity contribution in [1.82, 2.24) is 14.7 Å². The Morgan fingerprint density at radius 2 is 1.67 bits per heavy atom. The fraction of sp³-hybridized carbons (Fsp3) is 0.357. The van der Waals surface area contributed by atoms with Crippen LogP contribution in [0.15, 0.2) is 47.5 Å². The van der Waals surface area contributed by atoms with Gasteiger partial charge in [0.25, 0.3) is 17.2 Å². The molecule has 186 valence electrons. The zero-order chi connectivity index (χ0) is 25.6. The summed E-state index contributed by atoms with van der Waals surface area (Å²) in [4.78, 5) is 43.0. The lowest BCUT2D eigenvalue weighted by Crippen LogP contribution is -2.45. The third-order valence-electron chi connectivity index (χ3n) is 7.38. The van der Waals surface area contributed by atoms with Crippen LogP contribution >= 0.6 is 0 Å². The maximum atomic E-state index is 14.0. The molecule has 1 saturated carbocycles. The summed E-state index contributed by atoms with van der Waals surface area (Å²) in [6.45, 7) is 5.81. The number of H-pyrrole nitrogens is 1. The molecule has 0 spiro atoms. The monoisotopic (exact) mass is 489 g/mol. The van der Waals surface area contributed by atoms with Gasteiger partial charge in [0.15, 0.2) is 12.4 Å². The van der Waals surface area contributed by atoms with E-state index >= 15 is 0 Å². The Morgan fingerprint density at radius 1 is 0.972 bits per heavy atom. The highest BCUT2D eigenvalue weighted by molar-refractivity contribution is 6.44. The van der Waals surface area contributed by atoms with E-state index in [0.717, 1.165) is 43.2 Å². The summed E-state index contributed by atoms with van der Waals surface area (Å²) in [5.74, 6) is -1.21. The molecule has 1 fully saturated rings. The first-order valence-corrected chi connectivity index (χ1v) is 12.5. The van der Waals surface area contributed by atoms with Gasteiger partial charge in [0.05, 0.1) is 11.3 Å². The Balaban J connectivity index is 1.74. The predicted octanol–water partition coefficient (Wildman–Crippen LogP) is 3.84. The Kier molecular flexibility index (Phi) is 6.20. The smallest absolute Gasteiger partial charge is 0.294 e. The number of rotatable bonds is 5. The van der Waals surface area contributed by atoms with Gasteiger partial charge in [-0.2, -0.15) is 4.57 Å². The largest absolute Gasteiger partial charge is 0.327 e. The molecule has 7 nitrogen and oxygen atoms in total. The third kappa shape index (κ3) is 3.90. The van der Waals surface area contributed by atoms with Gasteiger partial charge >= 0.3 is 5.91 Å². The van der Waals surface area contributed by atoms with E-state index < -0.39 is 17.3 Å². The first kappa shape index (κ1) is 23.9. The molecule has 0 saturated heterocycles. The SMILES string of the molecule is CCc1[nH]n(-c2ccc(F)cc2)c(=O)c1C1=C([n+]2ccc(C)c(C)c2)C(=O)N(C2CCCCC2)C1=O. The van der Waals surface area contributed by atoms with Crippen molar-refractivity contribution in [3.05, 3.63) is 81.3 Å². The molecule has 1 aliphatic heterocycles. The zero-order valence-electron chi connectivity index (χ0n) is 20.8. The number of amides is 2. The number of hydrogen-bond acceptors (Lipinski definition) is 3. The lowest BCUT2D eigenvalue weighted by molar-refractivity contribution is -0.577. The number of aromatic amines is 1. The highest BCUT2D eigenvalue weighted by Gasteiger charge is 2.49. The summed E-state index contributed by atoms with van der Waals surface area (Å²) in [6, 6.07) is 7.27. The maximum absolute atomic E-state index is 14.0. The quantitative estimate of drug-likeness (QED) is 0.437. The molecule has 0 unspecified atom stereocenters. The second kappa shape index (κ2) is 9.33. The van der Waals surface area contributed by atoms with E-state index in [2.05, 4.69) is 5.10 Å². The highest BCUT2D eigenvalue weighted by Crippen LogP contribution is 2.35. The van der Waals surface area contributed by atoms with Crippen molar-refractivity contribution in [2.45, 2.75) is 65.3 Å². The van der Waals surface area contributed by atoms with Crippen LogP contribution in [0.5, 0.6) is 0 Å². The topological polar surface area (TPSA) is 79.1 Å². The maximum Gasteiger partial charge on any atom is 0.327 e. The summed E-state index contributed by atoms with van der Waals surface area (Å²) < 4.78 is 16.5. The van der Waals surface area contributed by atoms with E-state index in [9.17, 15) is 18.8 Å². The summed E-state index contributed by atoms with van der Waals surface area (Å²) in [5, 5.41) is 3.09. The lowest BCUT2D eigenvalue weighted by Gasteiger charge is -2.29. The van der Waals surface area contributed by atoms with Crippen molar-refractivity contribution >= 4 is 23.1 Å². The predicted molar refractivity (Wildman–Crippen MR) is 134 cm³/mol. The van der Waals surface area contributed by atoms with Crippen molar-refractivity contribution in [2.75, 3.05) is 0 Å². The molecule has 3 aromatic rings. The van der Waals surface area contributed by atoms with Crippen LogP contribution in [-0.4, -0.2) is 32.5 Å². The van der Waals surface area contributed by atoms with E-state index in [1.54, 1.807) is 10.8 Å². The van der Waals surface area contributed by atoms with Crippen LogP contribution in [-0.2, 0) is 16.0 Å². The van der Waals surface area contributed by atoms with Gasteiger partial charge in [0.1, 0.15) is 11.4 Å². The van der Waals surface area contributed by atoms with Crippen LogP contribution in [0.1, 0.15) is 61.4 Å². The van der Waals surface area contributed by atoms with Gasteiger partial charge in [0, 0.05) is 23.4 Å². The molecule has 3 heterocycles. The Labute approximate surface area is 208 Å². The average molecular weight is 490 g/mol. The van der Waals surface area contributed by atoms with E-state index in [1.165, 1.54) is 33.8 Å². The number of nitrogens with one attached hydrogen (secondary N) is 1. The van der Waals surface area contributed by atoms with E-state index in [-0.39, 0.29) is 28.8 Å². The molecular weight excluding hydrogens is 459 g/mol. The molecule has 1 N–H and O–H groups in total. The number of nitrogens with zero attached hydrogens (tertiary/aromatic N) is 3. The number of aryl methyl sites for hydroxylation is 3.